The first-order valence-electron chi connectivity index (χ1n) is 13.8. The second kappa shape index (κ2) is 13.6. The van der Waals surface area contributed by atoms with Crippen molar-refractivity contribution in [3.05, 3.63) is 95.1 Å². The highest BCUT2D eigenvalue weighted by Crippen LogP contribution is 2.26. The van der Waals surface area contributed by atoms with Gasteiger partial charge < -0.3 is 10.2 Å². The van der Waals surface area contributed by atoms with Crippen molar-refractivity contribution in [2.45, 2.75) is 77.9 Å². The van der Waals surface area contributed by atoms with Crippen molar-refractivity contribution in [2.75, 3.05) is 10.8 Å². The van der Waals surface area contributed by atoms with Gasteiger partial charge in [-0.3, -0.25) is 13.9 Å². The summed E-state index contributed by atoms with van der Waals surface area (Å²) in [5.41, 5.74) is 4.16. The Bertz CT molecular complexity index is 1400. The molecule has 214 valence electrons. The lowest BCUT2D eigenvalue weighted by Gasteiger charge is -2.34. The number of hydrogen-bond acceptors (Lipinski definition) is 4. The summed E-state index contributed by atoms with van der Waals surface area (Å²) >= 11 is 0. The third-order valence-electron chi connectivity index (χ3n) is 7.20. The maximum absolute atomic E-state index is 14.1. The van der Waals surface area contributed by atoms with Gasteiger partial charge in [-0.05, 0) is 75.9 Å². The summed E-state index contributed by atoms with van der Waals surface area (Å²) < 4.78 is 29.0. The molecule has 2 amide bonds. The van der Waals surface area contributed by atoms with Crippen LogP contribution in [0.1, 0.15) is 55.9 Å². The standard InChI is InChI=1S/C32H41N3O4S/c1-7-26(6)33-32(37)30(8-2)34(21-27-12-10-9-11-25(27)5)31(36)22-35(28-17-13-23(3)14-18-28)40(38,39)29-19-15-24(4)16-20-29/h9-20,26,30H,7-8,21-22H2,1-6H3,(H,33,37)/t26-,30+/m1/s1. The fraction of sp³-hybridized carbons (Fsp3) is 0.375. The molecule has 0 spiro atoms. The van der Waals surface area contributed by atoms with Crippen LogP contribution >= 0.6 is 0 Å². The maximum Gasteiger partial charge on any atom is 0.264 e. The number of nitrogens with zero attached hydrogens (tertiary/aromatic N) is 2. The summed E-state index contributed by atoms with van der Waals surface area (Å²) in [6.07, 6.45) is 1.14. The molecular weight excluding hydrogens is 522 g/mol. The zero-order chi connectivity index (χ0) is 29.4. The first kappa shape index (κ1) is 30.9. The van der Waals surface area contributed by atoms with Gasteiger partial charge in [0.2, 0.25) is 11.8 Å². The van der Waals surface area contributed by atoms with Gasteiger partial charge in [0.1, 0.15) is 12.6 Å². The van der Waals surface area contributed by atoms with Crippen LogP contribution in [0.5, 0.6) is 0 Å². The minimum Gasteiger partial charge on any atom is -0.352 e. The fourth-order valence-corrected chi connectivity index (χ4v) is 5.82. The Morgan fingerprint density at radius 2 is 1.40 bits per heavy atom. The minimum atomic E-state index is -4.08. The van der Waals surface area contributed by atoms with Crippen molar-refractivity contribution in [1.82, 2.24) is 10.2 Å². The van der Waals surface area contributed by atoms with Crippen molar-refractivity contribution in [1.29, 1.82) is 0 Å². The number of sulfonamides is 1. The predicted octanol–water partition coefficient (Wildman–Crippen LogP) is 5.53. The molecular formula is C32H41N3O4S. The summed E-state index contributed by atoms with van der Waals surface area (Å²) in [6.45, 7) is 11.3. The van der Waals surface area contributed by atoms with Gasteiger partial charge in [-0.15, -0.1) is 0 Å². The van der Waals surface area contributed by atoms with Crippen LogP contribution in [0.25, 0.3) is 0 Å². The van der Waals surface area contributed by atoms with Gasteiger partial charge in [-0.25, -0.2) is 8.42 Å². The van der Waals surface area contributed by atoms with Crippen LogP contribution in [0.4, 0.5) is 5.69 Å². The van der Waals surface area contributed by atoms with Crippen molar-refractivity contribution in [3.8, 4) is 0 Å². The van der Waals surface area contributed by atoms with Crippen LogP contribution in [0, 0.1) is 20.8 Å². The van der Waals surface area contributed by atoms with E-state index in [1.54, 1.807) is 36.4 Å². The molecule has 0 saturated heterocycles. The Morgan fingerprint density at radius 1 is 0.825 bits per heavy atom. The highest BCUT2D eigenvalue weighted by molar-refractivity contribution is 7.92. The zero-order valence-electron chi connectivity index (χ0n) is 24.3. The minimum absolute atomic E-state index is 0.0528. The van der Waals surface area contributed by atoms with E-state index in [4.69, 9.17) is 0 Å². The summed E-state index contributed by atoms with van der Waals surface area (Å²) in [6, 6.07) is 20.5. The number of anilines is 1. The first-order chi connectivity index (χ1) is 19.0. The summed E-state index contributed by atoms with van der Waals surface area (Å²) in [7, 11) is -4.08. The second-order valence-corrected chi connectivity index (χ2v) is 12.2. The normalized spacial score (nSPS) is 12.8. The molecule has 0 fully saturated rings. The summed E-state index contributed by atoms with van der Waals surface area (Å²) in [5, 5.41) is 3.00. The third-order valence-corrected chi connectivity index (χ3v) is 8.99. The van der Waals surface area contributed by atoms with Crippen molar-refractivity contribution in [3.63, 3.8) is 0 Å². The van der Waals surface area contributed by atoms with E-state index in [9.17, 15) is 18.0 Å². The quantitative estimate of drug-likeness (QED) is 0.314. The molecule has 2 atom stereocenters. The van der Waals surface area contributed by atoms with E-state index >= 15 is 0 Å². The number of nitrogens with one attached hydrogen (secondary N) is 1. The topological polar surface area (TPSA) is 86.8 Å². The largest absolute Gasteiger partial charge is 0.352 e. The molecule has 3 rings (SSSR count). The van der Waals surface area contributed by atoms with Crippen LogP contribution in [0.15, 0.2) is 77.7 Å². The lowest BCUT2D eigenvalue weighted by atomic mass is 10.1. The molecule has 0 unspecified atom stereocenters. The van der Waals surface area contributed by atoms with Crippen molar-refractivity contribution in [2.24, 2.45) is 0 Å². The van der Waals surface area contributed by atoms with Crippen LogP contribution < -0.4 is 9.62 Å². The fourth-order valence-electron chi connectivity index (χ4n) is 4.41. The Morgan fingerprint density at radius 3 is 1.95 bits per heavy atom. The highest BCUT2D eigenvalue weighted by Gasteiger charge is 2.34. The molecule has 40 heavy (non-hydrogen) atoms. The van der Waals surface area contributed by atoms with Crippen molar-refractivity contribution < 1.29 is 18.0 Å². The molecule has 0 saturated carbocycles. The number of benzene rings is 3. The van der Waals surface area contributed by atoms with Gasteiger partial charge >= 0.3 is 0 Å². The molecule has 1 N–H and O–H groups in total. The Kier molecular flexibility index (Phi) is 10.5. The smallest absolute Gasteiger partial charge is 0.264 e. The average molecular weight is 564 g/mol. The van der Waals surface area contributed by atoms with Crippen LogP contribution in [0.2, 0.25) is 0 Å². The zero-order valence-corrected chi connectivity index (χ0v) is 25.2. The average Bonchev–Trinajstić information content (AvgIpc) is 2.93. The summed E-state index contributed by atoms with van der Waals surface area (Å²) in [5.74, 6) is -0.701. The van der Waals surface area contributed by atoms with E-state index in [-0.39, 0.29) is 23.4 Å². The number of aryl methyl sites for hydroxylation is 3. The Labute approximate surface area is 239 Å². The monoisotopic (exact) mass is 563 g/mol. The molecule has 0 aliphatic rings. The highest BCUT2D eigenvalue weighted by atomic mass is 32.2. The maximum atomic E-state index is 14.1. The van der Waals surface area contributed by atoms with Gasteiger partial charge in [-0.1, -0.05) is 73.5 Å². The third kappa shape index (κ3) is 7.50. The lowest BCUT2D eigenvalue weighted by molar-refractivity contribution is -0.140. The number of carbonyl (C=O) groups excluding carboxylic acids is 2. The van der Waals surface area contributed by atoms with E-state index in [2.05, 4.69) is 5.32 Å². The molecule has 3 aromatic carbocycles. The molecule has 3 aromatic rings. The lowest BCUT2D eigenvalue weighted by Crippen LogP contribution is -2.53. The van der Waals surface area contributed by atoms with Gasteiger partial charge in [0.15, 0.2) is 0 Å². The molecule has 0 aromatic heterocycles. The molecule has 0 bridgehead atoms. The van der Waals surface area contributed by atoms with E-state index in [0.717, 1.165) is 33.0 Å². The number of amides is 2. The SMILES string of the molecule is CC[C@@H](C)NC(=O)[C@H](CC)N(Cc1ccccc1C)C(=O)CN(c1ccc(C)cc1)S(=O)(=O)c1ccc(C)cc1. The first-order valence-corrected chi connectivity index (χ1v) is 15.2. The molecule has 7 nitrogen and oxygen atoms in total. The number of carbonyl (C=O) groups is 2. The number of rotatable bonds is 12. The van der Waals surface area contributed by atoms with E-state index in [0.29, 0.717) is 12.1 Å². The van der Waals surface area contributed by atoms with Crippen LogP contribution in [0.3, 0.4) is 0 Å². The van der Waals surface area contributed by atoms with E-state index in [1.807, 2.05) is 77.9 Å². The molecule has 0 heterocycles. The van der Waals surface area contributed by atoms with Crippen LogP contribution in [-0.4, -0.2) is 43.8 Å². The van der Waals surface area contributed by atoms with Gasteiger partial charge in [0.05, 0.1) is 10.6 Å². The predicted molar refractivity (Wildman–Crippen MR) is 161 cm³/mol. The van der Waals surface area contributed by atoms with Gasteiger partial charge in [0.25, 0.3) is 10.0 Å². The number of hydrogen-bond donors (Lipinski definition) is 1. The molecule has 0 aliphatic heterocycles. The second-order valence-electron chi connectivity index (χ2n) is 10.4. The van der Waals surface area contributed by atoms with E-state index in [1.165, 1.54) is 4.90 Å². The molecule has 8 heteroatoms. The van der Waals surface area contributed by atoms with E-state index < -0.39 is 28.5 Å². The summed E-state index contributed by atoms with van der Waals surface area (Å²) in [4.78, 5) is 29.1. The van der Waals surface area contributed by atoms with Crippen LogP contribution in [-0.2, 0) is 26.2 Å². The van der Waals surface area contributed by atoms with Gasteiger partial charge in [-0.2, -0.15) is 0 Å². The Hall–Kier alpha value is -3.65. The molecule has 0 aliphatic carbocycles. The van der Waals surface area contributed by atoms with Gasteiger partial charge in [0, 0.05) is 12.6 Å². The van der Waals surface area contributed by atoms with Crippen molar-refractivity contribution >= 4 is 27.5 Å². The molecule has 0 radical (unpaired) electrons. The Balaban J connectivity index is 2.06.